The molecule has 0 aliphatic carbocycles. The van der Waals surface area contributed by atoms with Gasteiger partial charge in [0.25, 0.3) is 0 Å². The maximum atomic E-state index is 6.69. The molecule has 3 heterocycles. The highest BCUT2D eigenvalue weighted by Gasteiger charge is 2.24. The molecule has 11 rings (SSSR count). The predicted octanol–water partition coefficient (Wildman–Crippen LogP) is 14.1. The van der Waals surface area contributed by atoms with Gasteiger partial charge in [0, 0.05) is 42.0 Å². The first-order valence-corrected chi connectivity index (χ1v) is 17.7. The molecule has 0 aliphatic rings. The van der Waals surface area contributed by atoms with Crippen molar-refractivity contribution < 1.29 is 8.83 Å². The Kier molecular flexibility index (Phi) is 5.83. The quantitative estimate of drug-likeness (QED) is 0.189. The molecule has 8 aromatic carbocycles. The molecule has 0 spiro atoms. The van der Waals surface area contributed by atoms with Crippen molar-refractivity contribution in [3.05, 3.63) is 164 Å². The molecule has 0 atom stereocenters. The van der Waals surface area contributed by atoms with E-state index in [1.54, 1.807) is 0 Å². The normalized spacial score (nSPS) is 12.0. The first-order chi connectivity index (χ1) is 24.8. The Labute approximate surface area is 290 Å². The second-order valence-electron chi connectivity index (χ2n) is 12.9. The van der Waals surface area contributed by atoms with E-state index in [4.69, 9.17) is 8.83 Å². The summed E-state index contributed by atoms with van der Waals surface area (Å²) in [6, 6.07) is 58.3. The molecule has 4 heteroatoms. The van der Waals surface area contributed by atoms with Gasteiger partial charge in [0.2, 0.25) is 0 Å². The summed E-state index contributed by atoms with van der Waals surface area (Å²) < 4.78 is 15.7. The van der Waals surface area contributed by atoms with Gasteiger partial charge in [-0.05, 0) is 77.2 Å². The number of hydrogen-bond acceptors (Lipinski definition) is 4. The first-order valence-electron chi connectivity index (χ1n) is 16.8. The molecule has 0 fully saturated rings. The van der Waals surface area contributed by atoms with Gasteiger partial charge in [0.05, 0.1) is 22.1 Å². The molecule has 234 valence electrons. The van der Waals surface area contributed by atoms with E-state index < -0.39 is 0 Å². The molecule has 0 bridgehead atoms. The number of nitrogens with zero attached hydrogens (tertiary/aromatic N) is 1. The maximum Gasteiger partial charge on any atom is 0.143 e. The summed E-state index contributed by atoms with van der Waals surface area (Å²) in [7, 11) is 0. The van der Waals surface area contributed by atoms with Crippen LogP contribution in [0.3, 0.4) is 0 Å². The van der Waals surface area contributed by atoms with Gasteiger partial charge in [-0.2, -0.15) is 0 Å². The average Bonchev–Trinajstić information content (AvgIpc) is 3.87. The molecule has 11 aromatic rings. The van der Waals surface area contributed by atoms with Crippen LogP contribution < -0.4 is 4.90 Å². The third-order valence-electron chi connectivity index (χ3n) is 10.0. The summed E-state index contributed by atoms with van der Waals surface area (Å²) in [6.07, 6.45) is 0. The number of rotatable bonds is 4. The monoisotopic (exact) mass is 657 g/mol. The lowest BCUT2D eigenvalue weighted by Gasteiger charge is -2.27. The zero-order chi connectivity index (χ0) is 32.8. The van der Waals surface area contributed by atoms with Crippen LogP contribution in [0.25, 0.3) is 85.9 Å². The Hall–Kier alpha value is -6.36. The molecule has 0 aliphatic heterocycles. The second kappa shape index (κ2) is 10.6. The largest absolute Gasteiger partial charge is 0.456 e. The van der Waals surface area contributed by atoms with E-state index in [2.05, 4.69) is 157 Å². The van der Waals surface area contributed by atoms with Crippen molar-refractivity contribution in [2.45, 2.75) is 0 Å². The van der Waals surface area contributed by atoms with Crippen LogP contribution >= 0.6 is 11.3 Å². The van der Waals surface area contributed by atoms with Crippen LogP contribution in [0.1, 0.15) is 0 Å². The van der Waals surface area contributed by atoms with Crippen LogP contribution in [0, 0.1) is 0 Å². The van der Waals surface area contributed by atoms with Gasteiger partial charge in [0.1, 0.15) is 22.3 Å². The summed E-state index contributed by atoms with van der Waals surface area (Å²) in [6.45, 7) is 0. The Morgan fingerprint density at radius 1 is 0.400 bits per heavy atom. The zero-order valence-corrected chi connectivity index (χ0v) is 27.6. The van der Waals surface area contributed by atoms with Crippen molar-refractivity contribution in [3.8, 4) is 11.1 Å². The van der Waals surface area contributed by atoms with Gasteiger partial charge >= 0.3 is 0 Å². The summed E-state index contributed by atoms with van der Waals surface area (Å²) in [4.78, 5) is 2.39. The van der Waals surface area contributed by atoms with Gasteiger partial charge in [-0.3, -0.25) is 0 Å². The Morgan fingerprint density at radius 3 is 1.92 bits per heavy atom. The summed E-state index contributed by atoms with van der Waals surface area (Å²) >= 11 is 1.85. The average molecular weight is 658 g/mol. The lowest BCUT2D eigenvalue weighted by Crippen LogP contribution is -2.11. The molecule has 3 aromatic heterocycles. The Morgan fingerprint density at radius 2 is 1.04 bits per heavy atom. The smallest absolute Gasteiger partial charge is 0.143 e. The molecule has 0 amide bonds. The van der Waals surface area contributed by atoms with E-state index in [1.807, 2.05) is 23.5 Å². The first kappa shape index (κ1) is 27.6. The van der Waals surface area contributed by atoms with E-state index in [1.165, 1.54) is 25.7 Å². The number of fused-ring (bicyclic) bond motifs is 11. The minimum absolute atomic E-state index is 0.856. The van der Waals surface area contributed by atoms with Crippen molar-refractivity contribution in [1.82, 2.24) is 0 Å². The van der Waals surface area contributed by atoms with Crippen LogP contribution in [-0.2, 0) is 0 Å². The molecule has 0 radical (unpaired) electrons. The van der Waals surface area contributed by atoms with Crippen molar-refractivity contribution in [1.29, 1.82) is 0 Å². The molecular formula is C46H27NO2S. The Balaban J connectivity index is 1.19. The number of hydrogen-bond donors (Lipinski definition) is 0. The van der Waals surface area contributed by atoms with Crippen LogP contribution in [0.15, 0.2) is 173 Å². The highest BCUT2D eigenvalue weighted by molar-refractivity contribution is 7.25. The van der Waals surface area contributed by atoms with E-state index in [0.29, 0.717) is 0 Å². The van der Waals surface area contributed by atoms with Gasteiger partial charge in [-0.25, -0.2) is 0 Å². The van der Waals surface area contributed by atoms with Crippen LogP contribution in [0.2, 0.25) is 0 Å². The molecule has 50 heavy (non-hydrogen) atoms. The fourth-order valence-corrected chi connectivity index (χ4v) is 8.95. The number of benzene rings is 8. The van der Waals surface area contributed by atoms with Crippen LogP contribution in [0.5, 0.6) is 0 Å². The highest BCUT2D eigenvalue weighted by atomic mass is 32.1. The summed E-state index contributed by atoms with van der Waals surface area (Å²) in [5, 5.41) is 9.23. The van der Waals surface area contributed by atoms with E-state index in [9.17, 15) is 0 Å². The topological polar surface area (TPSA) is 29.5 Å². The second-order valence-corrected chi connectivity index (χ2v) is 13.9. The molecular weight excluding hydrogens is 631 g/mol. The third-order valence-corrected chi connectivity index (χ3v) is 11.2. The molecule has 0 unspecified atom stereocenters. The van der Waals surface area contributed by atoms with Crippen LogP contribution in [0.4, 0.5) is 17.1 Å². The Bertz CT molecular complexity index is 3130. The van der Waals surface area contributed by atoms with Crippen LogP contribution in [-0.4, -0.2) is 0 Å². The lowest BCUT2D eigenvalue weighted by atomic mass is 10.0. The number of para-hydroxylation sites is 1. The molecule has 3 nitrogen and oxygen atoms in total. The fraction of sp³-hybridized carbons (Fsp3) is 0. The minimum atomic E-state index is 0.856. The van der Waals surface area contributed by atoms with Gasteiger partial charge < -0.3 is 13.7 Å². The standard InChI is InChI=1S/C46H27NO2S/c1-2-13-32-28(10-1)22-25-36-45-38(17-9-20-41(45)49-46(32)36)47(37-16-8-19-40-44(37)35-15-3-5-18-39(35)48-40)31-12-7-11-29(26-31)30-23-24-34-33-14-4-6-21-42(33)50-43(34)27-30/h1-27H. The number of anilines is 3. The molecule has 0 N–H and O–H groups in total. The molecule has 0 saturated heterocycles. The van der Waals surface area contributed by atoms with Crippen molar-refractivity contribution >= 4 is 103 Å². The van der Waals surface area contributed by atoms with E-state index in [0.717, 1.165) is 77.3 Å². The van der Waals surface area contributed by atoms with Gasteiger partial charge in [-0.15, -0.1) is 11.3 Å². The van der Waals surface area contributed by atoms with Crippen molar-refractivity contribution in [2.75, 3.05) is 4.90 Å². The highest BCUT2D eigenvalue weighted by Crippen LogP contribution is 2.48. The summed E-state index contributed by atoms with van der Waals surface area (Å²) in [5.74, 6) is 0. The number of thiophene rings is 1. The fourth-order valence-electron chi connectivity index (χ4n) is 7.80. The van der Waals surface area contributed by atoms with E-state index >= 15 is 0 Å². The summed E-state index contributed by atoms with van der Waals surface area (Å²) in [5.41, 5.74) is 8.99. The third kappa shape index (κ3) is 4.03. The number of furan rings is 2. The maximum absolute atomic E-state index is 6.69. The lowest BCUT2D eigenvalue weighted by molar-refractivity contribution is 0.669. The van der Waals surface area contributed by atoms with Gasteiger partial charge in [-0.1, -0.05) is 103 Å². The van der Waals surface area contributed by atoms with Crippen molar-refractivity contribution in [2.24, 2.45) is 0 Å². The van der Waals surface area contributed by atoms with Gasteiger partial charge in [0.15, 0.2) is 0 Å². The van der Waals surface area contributed by atoms with E-state index in [-0.39, 0.29) is 0 Å². The molecule has 0 saturated carbocycles. The zero-order valence-electron chi connectivity index (χ0n) is 26.8. The van der Waals surface area contributed by atoms with Crippen molar-refractivity contribution in [3.63, 3.8) is 0 Å². The predicted molar refractivity (Wildman–Crippen MR) is 212 cm³/mol. The SMILES string of the molecule is c1cc(-c2ccc3c(c2)sc2ccccc23)cc(N(c2cccc3oc4ccccc4c23)c2cccc3oc4c5ccccc5ccc4c23)c1. The minimum Gasteiger partial charge on any atom is -0.456 e.